The monoisotopic (exact) mass is 414 g/mol. The van der Waals surface area contributed by atoms with E-state index in [0.717, 1.165) is 35.6 Å². The van der Waals surface area contributed by atoms with Gasteiger partial charge in [-0.1, -0.05) is 62.4 Å². The minimum Gasteiger partial charge on any atom is -0.357 e. The number of para-hydroxylation sites is 2. The van der Waals surface area contributed by atoms with Gasteiger partial charge in [0.1, 0.15) is 0 Å². The molecule has 0 spiro atoms. The molecule has 4 heteroatoms. The normalized spacial score (nSPS) is 20.3. The number of benzene rings is 2. The van der Waals surface area contributed by atoms with Gasteiger partial charge in [-0.05, 0) is 41.0 Å². The van der Waals surface area contributed by atoms with Crippen LogP contribution in [0, 0.1) is 5.41 Å². The van der Waals surface area contributed by atoms with Gasteiger partial charge in [-0.2, -0.15) is 0 Å². The molecule has 2 aromatic carbocycles. The number of allylic oxidation sites excluding steroid dienone is 1. The Morgan fingerprint density at radius 1 is 1.00 bits per heavy atom. The van der Waals surface area contributed by atoms with Gasteiger partial charge in [-0.3, -0.25) is 4.79 Å². The van der Waals surface area contributed by atoms with Crippen LogP contribution in [0.25, 0.3) is 0 Å². The fraction of sp³-hybridized carbons (Fsp3) is 0.269. The van der Waals surface area contributed by atoms with Crippen molar-refractivity contribution in [1.82, 2.24) is 0 Å². The van der Waals surface area contributed by atoms with Gasteiger partial charge in [0.15, 0.2) is 5.78 Å². The summed E-state index contributed by atoms with van der Waals surface area (Å²) in [5.41, 5.74) is 5.43. The van der Waals surface area contributed by atoms with Gasteiger partial charge >= 0.3 is 0 Å². The van der Waals surface area contributed by atoms with Crippen LogP contribution in [0.1, 0.15) is 43.2 Å². The summed E-state index contributed by atoms with van der Waals surface area (Å²) in [6.45, 7) is 5.12. The molecule has 30 heavy (non-hydrogen) atoms. The standard InChI is InChI=1S/C26H26N2OS/c1-26(2)15-20-24(22(29)16-26)25(23-13-8-14-30-23)28(17-18-9-4-3-5-10-18)21-12-7-6-11-19(21)27-20/h3-14,25,27H,15-17H2,1-2H3. The SMILES string of the molecule is CC1(C)CC(=O)C2=C(C1)Nc1ccccc1N(Cc1ccccc1)C2c1cccs1. The van der Waals surface area contributed by atoms with Crippen molar-refractivity contribution in [2.75, 3.05) is 10.2 Å². The lowest BCUT2D eigenvalue weighted by Gasteiger charge is -2.37. The summed E-state index contributed by atoms with van der Waals surface area (Å²) < 4.78 is 0. The molecular formula is C26H26N2OS. The van der Waals surface area contributed by atoms with E-state index < -0.39 is 0 Å². The van der Waals surface area contributed by atoms with E-state index in [-0.39, 0.29) is 17.2 Å². The number of fused-ring (bicyclic) bond motifs is 1. The Bertz CT molecular complexity index is 1100. The van der Waals surface area contributed by atoms with Crippen LogP contribution in [0.4, 0.5) is 11.4 Å². The predicted molar refractivity (Wildman–Crippen MR) is 125 cm³/mol. The number of anilines is 2. The highest BCUT2D eigenvalue weighted by Crippen LogP contribution is 2.49. The highest BCUT2D eigenvalue weighted by molar-refractivity contribution is 7.10. The molecule has 0 radical (unpaired) electrons. The number of rotatable bonds is 3. The second-order valence-electron chi connectivity index (χ2n) is 9.01. The second kappa shape index (κ2) is 7.44. The lowest BCUT2D eigenvalue weighted by atomic mass is 9.74. The fourth-order valence-corrected chi connectivity index (χ4v) is 5.60. The third-order valence-corrected chi connectivity index (χ3v) is 6.94. The number of hydrogen-bond donors (Lipinski definition) is 1. The Balaban J connectivity index is 1.72. The first-order chi connectivity index (χ1) is 14.5. The Morgan fingerprint density at radius 3 is 2.53 bits per heavy atom. The summed E-state index contributed by atoms with van der Waals surface area (Å²) in [4.78, 5) is 17.1. The van der Waals surface area contributed by atoms with Crippen molar-refractivity contribution in [3.05, 3.63) is 93.8 Å². The molecule has 5 rings (SSSR count). The molecule has 3 aromatic rings. The van der Waals surface area contributed by atoms with E-state index in [4.69, 9.17) is 0 Å². The van der Waals surface area contributed by atoms with Crippen LogP contribution in [0.2, 0.25) is 0 Å². The molecule has 0 saturated heterocycles. The quantitative estimate of drug-likeness (QED) is 0.526. The summed E-state index contributed by atoms with van der Waals surface area (Å²) >= 11 is 1.73. The largest absolute Gasteiger partial charge is 0.357 e. The van der Waals surface area contributed by atoms with E-state index >= 15 is 0 Å². The molecule has 0 amide bonds. The maximum atomic E-state index is 13.5. The molecule has 0 bridgehead atoms. The van der Waals surface area contributed by atoms with Crippen molar-refractivity contribution in [2.45, 2.75) is 39.3 Å². The first-order valence-electron chi connectivity index (χ1n) is 10.5. The Labute approximate surface area is 182 Å². The molecule has 1 aliphatic heterocycles. The zero-order chi connectivity index (χ0) is 20.7. The van der Waals surface area contributed by atoms with Gasteiger partial charge in [0.25, 0.3) is 0 Å². The summed E-state index contributed by atoms with van der Waals surface area (Å²) in [7, 11) is 0. The number of Topliss-reactive ketones (excluding diaryl/α,β-unsaturated/α-hetero) is 1. The minimum atomic E-state index is -0.0834. The average Bonchev–Trinajstić information content (AvgIpc) is 3.20. The van der Waals surface area contributed by atoms with Crippen LogP contribution in [-0.4, -0.2) is 5.78 Å². The predicted octanol–water partition coefficient (Wildman–Crippen LogP) is 6.56. The zero-order valence-corrected chi connectivity index (χ0v) is 18.2. The first kappa shape index (κ1) is 19.1. The highest BCUT2D eigenvalue weighted by atomic mass is 32.1. The molecule has 3 nitrogen and oxygen atoms in total. The Hall–Kier alpha value is -2.85. The molecule has 1 aromatic heterocycles. The topological polar surface area (TPSA) is 32.3 Å². The van der Waals surface area contributed by atoms with Crippen molar-refractivity contribution in [1.29, 1.82) is 0 Å². The number of nitrogens with one attached hydrogen (secondary N) is 1. The number of carbonyl (C=O) groups excluding carboxylic acids is 1. The molecule has 1 aliphatic carbocycles. The van der Waals surface area contributed by atoms with Crippen LogP contribution in [-0.2, 0) is 11.3 Å². The number of hydrogen-bond acceptors (Lipinski definition) is 4. The van der Waals surface area contributed by atoms with E-state index in [1.807, 2.05) is 6.07 Å². The summed E-state index contributed by atoms with van der Waals surface area (Å²) in [6.07, 6.45) is 1.47. The van der Waals surface area contributed by atoms with E-state index in [1.54, 1.807) is 11.3 Å². The third kappa shape index (κ3) is 3.46. The van der Waals surface area contributed by atoms with Crippen molar-refractivity contribution >= 4 is 28.5 Å². The van der Waals surface area contributed by atoms with E-state index in [0.29, 0.717) is 6.42 Å². The molecule has 2 aliphatic rings. The molecule has 1 atom stereocenters. The van der Waals surface area contributed by atoms with E-state index in [1.165, 1.54) is 10.4 Å². The van der Waals surface area contributed by atoms with E-state index in [9.17, 15) is 4.79 Å². The van der Waals surface area contributed by atoms with Gasteiger partial charge in [-0.15, -0.1) is 11.3 Å². The summed E-state index contributed by atoms with van der Waals surface area (Å²) in [5, 5.41) is 5.79. The average molecular weight is 415 g/mol. The molecule has 1 N–H and O–H groups in total. The fourth-order valence-electron chi connectivity index (χ4n) is 4.75. The maximum Gasteiger partial charge on any atom is 0.163 e. The number of carbonyl (C=O) groups is 1. The molecular weight excluding hydrogens is 388 g/mol. The van der Waals surface area contributed by atoms with Crippen LogP contribution in [0.5, 0.6) is 0 Å². The number of ketones is 1. The highest BCUT2D eigenvalue weighted by Gasteiger charge is 2.41. The van der Waals surface area contributed by atoms with E-state index in [2.05, 4.69) is 90.1 Å². The van der Waals surface area contributed by atoms with Crippen molar-refractivity contribution in [3.8, 4) is 0 Å². The van der Waals surface area contributed by atoms with Gasteiger partial charge in [0.05, 0.1) is 17.4 Å². The second-order valence-corrected chi connectivity index (χ2v) is 9.99. The molecule has 2 heterocycles. The summed E-state index contributed by atoms with van der Waals surface area (Å²) in [6, 6.07) is 23.1. The smallest absolute Gasteiger partial charge is 0.163 e. The van der Waals surface area contributed by atoms with Crippen molar-refractivity contribution in [3.63, 3.8) is 0 Å². The summed E-state index contributed by atoms with van der Waals surface area (Å²) in [5.74, 6) is 0.262. The number of nitrogens with zero attached hydrogens (tertiary/aromatic N) is 1. The van der Waals surface area contributed by atoms with Gasteiger partial charge in [-0.25, -0.2) is 0 Å². The lowest BCUT2D eigenvalue weighted by molar-refractivity contribution is -0.118. The van der Waals surface area contributed by atoms with Crippen molar-refractivity contribution < 1.29 is 4.79 Å². The van der Waals surface area contributed by atoms with Gasteiger partial charge < -0.3 is 10.2 Å². The minimum absolute atomic E-state index is 0.0353. The molecule has 0 saturated carbocycles. The molecule has 152 valence electrons. The maximum absolute atomic E-state index is 13.5. The first-order valence-corrected chi connectivity index (χ1v) is 11.4. The Morgan fingerprint density at radius 2 is 1.77 bits per heavy atom. The van der Waals surface area contributed by atoms with Crippen LogP contribution in [0.15, 0.2) is 83.4 Å². The lowest BCUT2D eigenvalue weighted by Crippen LogP contribution is -2.35. The van der Waals surface area contributed by atoms with Crippen LogP contribution >= 0.6 is 11.3 Å². The zero-order valence-electron chi connectivity index (χ0n) is 17.4. The van der Waals surface area contributed by atoms with Crippen LogP contribution in [0.3, 0.4) is 0 Å². The van der Waals surface area contributed by atoms with Gasteiger partial charge in [0, 0.05) is 29.1 Å². The molecule has 0 fully saturated rings. The third-order valence-electron chi connectivity index (χ3n) is 6.01. The van der Waals surface area contributed by atoms with Gasteiger partial charge in [0.2, 0.25) is 0 Å². The van der Waals surface area contributed by atoms with Crippen LogP contribution < -0.4 is 10.2 Å². The number of thiophene rings is 1. The van der Waals surface area contributed by atoms with Crippen molar-refractivity contribution in [2.24, 2.45) is 5.41 Å². The molecule has 1 unspecified atom stereocenters. The Kier molecular flexibility index (Phi) is 4.75.